The van der Waals surface area contributed by atoms with Crippen LogP contribution in [0.2, 0.25) is 0 Å². The number of amides is 2. The van der Waals surface area contributed by atoms with Crippen molar-refractivity contribution in [3.8, 4) is 0 Å². The third kappa shape index (κ3) is 2.43. The summed E-state index contributed by atoms with van der Waals surface area (Å²) in [4.78, 5) is 24.7. The maximum absolute atomic E-state index is 11.9. The van der Waals surface area contributed by atoms with Gasteiger partial charge < -0.3 is 16.0 Å². The monoisotopic (exact) mass is 229 g/mol. The molecular formula is C9H15N3O2S. The molecule has 6 heteroatoms. The number of carbonyl (C=O) groups is 2. The Morgan fingerprint density at radius 1 is 1.60 bits per heavy atom. The molecular weight excluding hydrogens is 214 g/mol. The van der Waals surface area contributed by atoms with Crippen molar-refractivity contribution in [3.63, 3.8) is 0 Å². The zero-order valence-electron chi connectivity index (χ0n) is 8.44. The fraction of sp³-hybridized carbons (Fsp3) is 0.778. The van der Waals surface area contributed by atoms with E-state index >= 15 is 0 Å². The van der Waals surface area contributed by atoms with E-state index in [1.165, 1.54) is 11.8 Å². The lowest BCUT2D eigenvalue weighted by molar-refractivity contribution is -0.133. The van der Waals surface area contributed by atoms with Crippen LogP contribution in [0.4, 0.5) is 4.79 Å². The minimum absolute atomic E-state index is 0.0171. The average molecular weight is 229 g/mol. The molecule has 2 rings (SSSR count). The zero-order chi connectivity index (χ0) is 10.8. The first-order valence-electron chi connectivity index (χ1n) is 5.14. The molecule has 0 radical (unpaired) electrons. The third-order valence-electron chi connectivity index (χ3n) is 2.74. The SMILES string of the molecule is NC1CCCN(C(=O)[C@@H]2CSC(=O)N2)C1. The highest BCUT2D eigenvalue weighted by molar-refractivity contribution is 8.14. The van der Waals surface area contributed by atoms with Gasteiger partial charge in [0.15, 0.2) is 0 Å². The van der Waals surface area contributed by atoms with Gasteiger partial charge in [-0.15, -0.1) is 0 Å². The first kappa shape index (κ1) is 10.8. The van der Waals surface area contributed by atoms with Crippen LogP contribution in [-0.2, 0) is 4.79 Å². The highest BCUT2D eigenvalue weighted by Crippen LogP contribution is 2.17. The lowest BCUT2D eigenvalue weighted by Gasteiger charge is -2.32. The number of piperidine rings is 1. The Balaban J connectivity index is 1.92. The molecule has 2 atom stereocenters. The summed E-state index contributed by atoms with van der Waals surface area (Å²) in [7, 11) is 0. The molecule has 3 N–H and O–H groups in total. The normalized spacial score (nSPS) is 31.5. The molecule has 2 aliphatic rings. The van der Waals surface area contributed by atoms with Crippen molar-refractivity contribution >= 4 is 22.9 Å². The van der Waals surface area contributed by atoms with E-state index in [2.05, 4.69) is 5.32 Å². The topological polar surface area (TPSA) is 75.4 Å². The Morgan fingerprint density at radius 2 is 2.40 bits per heavy atom. The standard InChI is InChI=1S/C9H15N3O2S/c10-6-2-1-3-12(4-6)8(13)7-5-15-9(14)11-7/h6-7H,1-5,10H2,(H,11,14)/t6?,7-/m0/s1. The summed E-state index contributed by atoms with van der Waals surface area (Å²) in [6.07, 6.45) is 1.94. The number of nitrogens with one attached hydrogen (secondary N) is 1. The van der Waals surface area contributed by atoms with Crippen molar-refractivity contribution < 1.29 is 9.59 Å². The first-order chi connectivity index (χ1) is 7.16. The van der Waals surface area contributed by atoms with Crippen LogP contribution in [0.5, 0.6) is 0 Å². The van der Waals surface area contributed by atoms with E-state index in [0.29, 0.717) is 12.3 Å². The minimum Gasteiger partial charge on any atom is -0.339 e. The summed E-state index contributed by atoms with van der Waals surface area (Å²) in [5, 5.41) is 2.56. The van der Waals surface area contributed by atoms with Crippen LogP contribution in [0, 0.1) is 0 Å². The molecule has 0 aromatic heterocycles. The number of hydrogen-bond acceptors (Lipinski definition) is 4. The highest BCUT2D eigenvalue weighted by atomic mass is 32.2. The molecule has 2 amide bonds. The van der Waals surface area contributed by atoms with Crippen LogP contribution in [0.15, 0.2) is 0 Å². The summed E-state index contributed by atoms with van der Waals surface area (Å²) >= 11 is 1.17. The molecule has 0 aliphatic carbocycles. The summed E-state index contributed by atoms with van der Waals surface area (Å²) < 4.78 is 0. The summed E-state index contributed by atoms with van der Waals surface area (Å²) in [6.45, 7) is 1.39. The van der Waals surface area contributed by atoms with Gasteiger partial charge in [-0.1, -0.05) is 11.8 Å². The predicted molar refractivity (Wildman–Crippen MR) is 58.6 cm³/mol. The molecule has 1 unspecified atom stereocenters. The second-order valence-corrected chi connectivity index (χ2v) is 4.97. The predicted octanol–water partition coefficient (Wildman–Crippen LogP) is -0.239. The molecule has 2 aliphatic heterocycles. The van der Waals surface area contributed by atoms with E-state index in [-0.39, 0.29) is 23.2 Å². The molecule has 0 saturated carbocycles. The maximum atomic E-state index is 11.9. The number of carbonyl (C=O) groups excluding carboxylic acids is 2. The van der Waals surface area contributed by atoms with Gasteiger partial charge in [0, 0.05) is 24.9 Å². The Labute approximate surface area is 92.7 Å². The van der Waals surface area contributed by atoms with Crippen LogP contribution in [-0.4, -0.2) is 47.0 Å². The van der Waals surface area contributed by atoms with Crippen LogP contribution in [0.1, 0.15) is 12.8 Å². The van der Waals surface area contributed by atoms with Gasteiger partial charge in [-0.2, -0.15) is 0 Å². The Bertz CT molecular complexity index is 285. The molecule has 2 fully saturated rings. The van der Waals surface area contributed by atoms with Crippen LogP contribution >= 0.6 is 11.8 Å². The van der Waals surface area contributed by atoms with Crippen molar-refractivity contribution in [3.05, 3.63) is 0 Å². The lowest BCUT2D eigenvalue weighted by Crippen LogP contribution is -2.52. The fourth-order valence-electron chi connectivity index (χ4n) is 1.95. The summed E-state index contributed by atoms with van der Waals surface area (Å²) in [6, 6.07) is -0.250. The summed E-state index contributed by atoms with van der Waals surface area (Å²) in [5.41, 5.74) is 5.80. The smallest absolute Gasteiger partial charge is 0.279 e. The number of thioether (sulfide) groups is 1. The van der Waals surface area contributed by atoms with Crippen LogP contribution in [0.25, 0.3) is 0 Å². The van der Waals surface area contributed by atoms with E-state index in [1.54, 1.807) is 4.90 Å². The Morgan fingerprint density at radius 3 is 3.00 bits per heavy atom. The van der Waals surface area contributed by atoms with Crippen LogP contribution in [0.3, 0.4) is 0 Å². The quantitative estimate of drug-likeness (QED) is 0.651. The molecule has 0 aromatic rings. The number of likely N-dealkylation sites (tertiary alicyclic amines) is 1. The fourth-order valence-corrected chi connectivity index (χ4v) is 2.72. The molecule has 2 saturated heterocycles. The van der Waals surface area contributed by atoms with E-state index in [4.69, 9.17) is 5.73 Å². The maximum Gasteiger partial charge on any atom is 0.279 e. The van der Waals surface area contributed by atoms with Gasteiger partial charge >= 0.3 is 0 Å². The first-order valence-corrected chi connectivity index (χ1v) is 6.13. The molecule has 0 bridgehead atoms. The highest BCUT2D eigenvalue weighted by Gasteiger charge is 2.32. The van der Waals surface area contributed by atoms with Crippen LogP contribution < -0.4 is 11.1 Å². The van der Waals surface area contributed by atoms with Crippen molar-refractivity contribution in [2.45, 2.75) is 24.9 Å². The van der Waals surface area contributed by atoms with E-state index < -0.39 is 0 Å². The van der Waals surface area contributed by atoms with Gasteiger partial charge in [-0.3, -0.25) is 9.59 Å². The minimum atomic E-state index is -0.340. The van der Waals surface area contributed by atoms with Crippen molar-refractivity contribution in [1.82, 2.24) is 10.2 Å². The second-order valence-electron chi connectivity index (χ2n) is 3.98. The Kier molecular flexibility index (Phi) is 3.16. The average Bonchev–Trinajstić information content (AvgIpc) is 2.64. The van der Waals surface area contributed by atoms with Gasteiger partial charge in [-0.05, 0) is 12.8 Å². The molecule has 15 heavy (non-hydrogen) atoms. The van der Waals surface area contributed by atoms with Gasteiger partial charge in [-0.25, -0.2) is 0 Å². The number of hydrogen-bond donors (Lipinski definition) is 2. The number of rotatable bonds is 1. The number of nitrogens with two attached hydrogens (primary N) is 1. The van der Waals surface area contributed by atoms with E-state index in [9.17, 15) is 9.59 Å². The molecule has 5 nitrogen and oxygen atoms in total. The van der Waals surface area contributed by atoms with Gasteiger partial charge in [0.05, 0.1) is 0 Å². The largest absolute Gasteiger partial charge is 0.339 e. The van der Waals surface area contributed by atoms with Gasteiger partial charge in [0.2, 0.25) is 5.91 Å². The molecule has 2 heterocycles. The Hall–Kier alpha value is -0.750. The molecule has 0 spiro atoms. The third-order valence-corrected chi connectivity index (χ3v) is 3.62. The van der Waals surface area contributed by atoms with Gasteiger partial charge in [0.1, 0.15) is 6.04 Å². The van der Waals surface area contributed by atoms with E-state index in [0.717, 1.165) is 19.4 Å². The van der Waals surface area contributed by atoms with Crippen molar-refractivity contribution in [2.75, 3.05) is 18.8 Å². The lowest BCUT2D eigenvalue weighted by atomic mass is 10.1. The number of nitrogens with zero attached hydrogens (tertiary/aromatic N) is 1. The van der Waals surface area contributed by atoms with E-state index in [1.807, 2.05) is 0 Å². The second kappa shape index (κ2) is 4.40. The molecule has 84 valence electrons. The van der Waals surface area contributed by atoms with Gasteiger partial charge in [0.25, 0.3) is 5.24 Å². The van der Waals surface area contributed by atoms with Crippen molar-refractivity contribution in [2.24, 2.45) is 5.73 Å². The molecule has 0 aromatic carbocycles. The summed E-state index contributed by atoms with van der Waals surface area (Å²) in [5.74, 6) is 0.562. The van der Waals surface area contributed by atoms with Crippen molar-refractivity contribution in [1.29, 1.82) is 0 Å². The zero-order valence-corrected chi connectivity index (χ0v) is 9.26.